The van der Waals surface area contributed by atoms with Crippen LogP contribution < -0.4 is 21.3 Å². The number of benzene rings is 1. The second kappa shape index (κ2) is 11.7. The minimum Gasteiger partial charge on any atom is -0.507 e. The van der Waals surface area contributed by atoms with Gasteiger partial charge in [0.2, 0.25) is 0 Å². The highest BCUT2D eigenvalue weighted by Gasteiger charge is 2.15. The van der Waals surface area contributed by atoms with Gasteiger partial charge in [0.05, 0.1) is 12.1 Å². The van der Waals surface area contributed by atoms with Crippen LogP contribution in [0.4, 0.5) is 4.79 Å². The van der Waals surface area contributed by atoms with Gasteiger partial charge in [-0.15, -0.1) is 0 Å². The third-order valence-corrected chi connectivity index (χ3v) is 3.25. The molecule has 0 saturated carbocycles. The molecule has 0 aliphatic heterocycles. The van der Waals surface area contributed by atoms with Gasteiger partial charge in [0.25, 0.3) is 5.91 Å². The fourth-order valence-corrected chi connectivity index (χ4v) is 2.10. The first-order valence-electron chi connectivity index (χ1n) is 9.28. The molecule has 0 aliphatic carbocycles. The Kier molecular flexibility index (Phi) is 9.63. The van der Waals surface area contributed by atoms with Crippen LogP contribution in [0, 0.1) is 0 Å². The lowest BCUT2D eigenvalue weighted by Gasteiger charge is -2.19. The number of aromatic hydroxyl groups is 1. The quantitative estimate of drug-likeness (QED) is 0.257. The molecule has 2 amide bonds. The topological polar surface area (TPSA) is 124 Å². The minimum absolute atomic E-state index is 0.0593. The average molecular weight is 393 g/mol. The van der Waals surface area contributed by atoms with Gasteiger partial charge in [-0.2, -0.15) is 0 Å². The highest BCUT2D eigenvalue weighted by molar-refractivity contribution is 5.96. The summed E-state index contributed by atoms with van der Waals surface area (Å²) in [6.07, 6.45) is -0.469. The molecule has 1 aromatic rings. The maximum absolute atomic E-state index is 12.0. The number of aliphatic imine (C=N–C) groups is 1. The van der Waals surface area contributed by atoms with Gasteiger partial charge in [0.1, 0.15) is 11.4 Å². The number of carbonyl (C=O) groups excluding carboxylic acids is 2. The molecule has 156 valence electrons. The second-order valence-electron chi connectivity index (χ2n) is 6.89. The molecular formula is C19H31N5O4. The summed E-state index contributed by atoms with van der Waals surface area (Å²) >= 11 is 0. The molecular weight excluding hydrogens is 362 g/mol. The summed E-state index contributed by atoms with van der Waals surface area (Å²) in [5.74, 6) is 0.161. The van der Waals surface area contributed by atoms with Crippen LogP contribution in [0.5, 0.6) is 5.75 Å². The molecule has 0 saturated heterocycles. The van der Waals surface area contributed by atoms with Crippen molar-refractivity contribution < 1.29 is 19.4 Å². The number of phenolic OH excluding ortho intramolecular Hbond substituents is 1. The molecule has 9 heteroatoms. The number of nitrogens with one attached hydrogen (secondary N) is 4. The Labute approximate surface area is 166 Å². The normalized spacial score (nSPS) is 11.5. The van der Waals surface area contributed by atoms with E-state index in [2.05, 4.69) is 26.3 Å². The van der Waals surface area contributed by atoms with Gasteiger partial charge in [0, 0.05) is 26.2 Å². The third-order valence-electron chi connectivity index (χ3n) is 3.25. The number of phenols is 1. The van der Waals surface area contributed by atoms with Crippen LogP contribution in [0.1, 0.15) is 38.1 Å². The zero-order chi connectivity index (χ0) is 21.0. The van der Waals surface area contributed by atoms with Crippen LogP contribution in [0.25, 0.3) is 0 Å². The zero-order valence-electron chi connectivity index (χ0n) is 17.0. The van der Waals surface area contributed by atoms with Gasteiger partial charge in [-0.1, -0.05) is 12.1 Å². The van der Waals surface area contributed by atoms with Gasteiger partial charge in [-0.05, 0) is 39.8 Å². The van der Waals surface area contributed by atoms with Crippen LogP contribution in [-0.2, 0) is 4.74 Å². The van der Waals surface area contributed by atoms with Gasteiger partial charge in [0.15, 0.2) is 5.96 Å². The van der Waals surface area contributed by atoms with Crippen molar-refractivity contribution in [2.75, 3.05) is 32.7 Å². The fraction of sp³-hybridized carbons (Fsp3) is 0.526. The molecule has 0 radical (unpaired) electrons. The zero-order valence-corrected chi connectivity index (χ0v) is 17.0. The number of hydrogen-bond acceptors (Lipinski definition) is 5. The van der Waals surface area contributed by atoms with Crippen LogP contribution >= 0.6 is 0 Å². The molecule has 0 bridgehead atoms. The lowest BCUT2D eigenvalue weighted by molar-refractivity contribution is 0.0528. The molecule has 0 heterocycles. The molecule has 0 aliphatic rings. The molecule has 0 fully saturated rings. The molecule has 1 aromatic carbocycles. The predicted molar refractivity (Wildman–Crippen MR) is 109 cm³/mol. The third kappa shape index (κ3) is 9.65. The highest BCUT2D eigenvalue weighted by Crippen LogP contribution is 2.14. The maximum atomic E-state index is 12.0. The number of carbonyl (C=O) groups is 2. The van der Waals surface area contributed by atoms with E-state index < -0.39 is 11.7 Å². The van der Waals surface area contributed by atoms with Crippen LogP contribution in [0.3, 0.4) is 0 Å². The summed E-state index contributed by atoms with van der Waals surface area (Å²) in [5.41, 5.74) is -0.306. The molecule has 5 N–H and O–H groups in total. The molecule has 0 aromatic heterocycles. The number of guanidine groups is 1. The maximum Gasteiger partial charge on any atom is 0.407 e. The summed E-state index contributed by atoms with van der Waals surface area (Å²) in [4.78, 5) is 27.9. The summed E-state index contributed by atoms with van der Waals surface area (Å²) in [7, 11) is 0. The van der Waals surface area contributed by atoms with Crippen molar-refractivity contribution in [2.24, 2.45) is 4.99 Å². The SMILES string of the molecule is CCNC(=NCCNC(=O)c1ccccc1O)NCCNC(=O)OC(C)(C)C. The van der Waals surface area contributed by atoms with Crippen LogP contribution in [0.15, 0.2) is 29.3 Å². The summed E-state index contributed by atoms with van der Waals surface area (Å²) in [6.45, 7) is 9.55. The van der Waals surface area contributed by atoms with E-state index >= 15 is 0 Å². The van der Waals surface area contributed by atoms with Crippen LogP contribution in [-0.4, -0.2) is 61.4 Å². The number of para-hydroxylation sites is 1. The Morgan fingerprint density at radius 2 is 1.71 bits per heavy atom. The number of hydrogen-bond donors (Lipinski definition) is 5. The van der Waals surface area contributed by atoms with Gasteiger partial charge < -0.3 is 31.1 Å². The molecule has 0 spiro atoms. The number of amides is 2. The highest BCUT2D eigenvalue weighted by atomic mass is 16.6. The standard InChI is InChI=1S/C19H31N5O4/c1-5-20-17(23-12-13-24-18(27)28-19(2,3)4)22-11-10-21-16(26)14-8-6-7-9-15(14)25/h6-9,25H,5,10-13H2,1-4H3,(H,21,26)(H,24,27)(H2,20,22,23). The van der Waals surface area contributed by atoms with Crippen molar-refractivity contribution in [3.05, 3.63) is 29.8 Å². The Hall–Kier alpha value is -2.97. The van der Waals surface area contributed by atoms with Crippen LogP contribution in [0.2, 0.25) is 0 Å². The van der Waals surface area contributed by atoms with Crippen molar-refractivity contribution in [3.63, 3.8) is 0 Å². The number of ether oxygens (including phenoxy) is 1. The summed E-state index contributed by atoms with van der Waals surface area (Å²) < 4.78 is 5.16. The van der Waals surface area contributed by atoms with Crippen molar-refractivity contribution in [1.82, 2.24) is 21.3 Å². The molecule has 1 rings (SSSR count). The number of nitrogens with zero attached hydrogens (tertiary/aromatic N) is 1. The van der Waals surface area contributed by atoms with Crippen molar-refractivity contribution >= 4 is 18.0 Å². The second-order valence-corrected chi connectivity index (χ2v) is 6.89. The average Bonchev–Trinajstić information content (AvgIpc) is 2.60. The summed E-state index contributed by atoms with van der Waals surface area (Å²) in [6, 6.07) is 6.36. The van der Waals surface area contributed by atoms with E-state index in [1.54, 1.807) is 39.0 Å². The summed E-state index contributed by atoms with van der Waals surface area (Å²) in [5, 5.41) is 21.2. The first-order chi connectivity index (χ1) is 13.2. The largest absolute Gasteiger partial charge is 0.507 e. The molecule has 28 heavy (non-hydrogen) atoms. The van der Waals surface area contributed by atoms with E-state index in [1.165, 1.54) is 6.07 Å². The lowest BCUT2D eigenvalue weighted by Crippen LogP contribution is -2.42. The van der Waals surface area contributed by atoms with E-state index in [1.807, 2.05) is 6.92 Å². The van der Waals surface area contributed by atoms with E-state index in [-0.39, 0.29) is 17.2 Å². The fourth-order valence-electron chi connectivity index (χ4n) is 2.10. The first kappa shape index (κ1) is 23.1. The minimum atomic E-state index is -0.533. The number of alkyl carbamates (subject to hydrolysis) is 1. The van der Waals surface area contributed by atoms with Gasteiger partial charge in [-0.3, -0.25) is 9.79 Å². The first-order valence-corrected chi connectivity index (χ1v) is 9.28. The van der Waals surface area contributed by atoms with Crippen molar-refractivity contribution in [3.8, 4) is 5.75 Å². The monoisotopic (exact) mass is 393 g/mol. The Bertz CT molecular complexity index is 671. The lowest BCUT2D eigenvalue weighted by atomic mass is 10.2. The molecule has 9 nitrogen and oxygen atoms in total. The van der Waals surface area contributed by atoms with Gasteiger partial charge >= 0.3 is 6.09 Å². The smallest absolute Gasteiger partial charge is 0.407 e. The van der Waals surface area contributed by atoms with E-state index in [9.17, 15) is 14.7 Å². The predicted octanol–water partition coefficient (Wildman–Crippen LogP) is 1.20. The Morgan fingerprint density at radius 1 is 1.04 bits per heavy atom. The Morgan fingerprint density at radius 3 is 2.36 bits per heavy atom. The molecule has 0 unspecified atom stereocenters. The molecule has 0 atom stereocenters. The van der Waals surface area contributed by atoms with E-state index in [0.29, 0.717) is 38.7 Å². The van der Waals surface area contributed by atoms with E-state index in [4.69, 9.17) is 4.74 Å². The van der Waals surface area contributed by atoms with Crippen molar-refractivity contribution in [1.29, 1.82) is 0 Å². The Balaban J connectivity index is 2.34. The van der Waals surface area contributed by atoms with Crippen molar-refractivity contribution in [2.45, 2.75) is 33.3 Å². The number of rotatable bonds is 8. The van der Waals surface area contributed by atoms with Gasteiger partial charge in [-0.25, -0.2) is 4.79 Å². The van der Waals surface area contributed by atoms with E-state index in [0.717, 1.165) is 0 Å².